The number of aromatic nitrogens is 1. The van der Waals surface area contributed by atoms with E-state index in [1.807, 2.05) is 31.2 Å². The van der Waals surface area contributed by atoms with Crippen LogP contribution in [0.15, 0.2) is 42.6 Å². The van der Waals surface area contributed by atoms with Crippen molar-refractivity contribution in [3.05, 3.63) is 48.2 Å². The molecule has 2 aromatic rings. The van der Waals surface area contributed by atoms with Crippen LogP contribution in [0.25, 0.3) is 0 Å². The van der Waals surface area contributed by atoms with E-state index in [9.17, 15) is 9.59 Å². The van der Waals surface area contributed by atoms with Crippen LogP contribution < -0.4 is 10.1 Å². The van der Waals surface area contributed by atoms with Gasteiger partial charge in [-0.05, 0) is 48.9 Å². The molecule has 5 nitrogen and oxygen atoms in total. The lowest BCUT2D eigenvalue weighted by atomic mass is 10.1. The van der Waals surface area contributed by atoms with Gasteiger partial charge in [0, 0.05) is 31.5 Å². The van der Waals surface area contributed by atoms with E-state index in [-0.39, 0.29) is 5.91 Å². The number of carbonyl (C=O) groups excluding carboxylic acids is 2. The number of amides is 1. The number of benzene rings is 1. The van der Waals surface area contributed by atoms with Gasteiger partial charge in [-0.1, -0.05) is 19.1 Å². The molecular formula is C21H24N2O3. The first-order valence-corrected chi connectivity index (χ1v) is 9.17. The number of hydrogen-bond donors (Lipinski definition) is 1. The average Bonchev–Trinajstić information content (AvgIpc) is 3.41. The van der Waals surface area contributed by atoms with Crippen LogP contribution in [0.5, 0.6) is 11.5 Å². The fourth-order valence-corrected chi connectivity index (χ4v) is 2.73. The third-order valence-corrected chi connectivity index (χ3v) is 4.25. The Balaban J connectivity index is 1.56. The molecule has 0 radical (unpaired) electrons. The third kappa shape index (κ3) is 5.69. The number of pyridine rings is 1. The minimum Gasteiger partial charge on any atom is -0.457 e. The standard InChI is InChI=1S/C21H24N2O3/c1-2-3-21(25)23-20-14-19(10-11-22-20)26-18-8-6-16(7-9-18)13-17(24)12-15-4-5-15/h6-11,14-15H,2-5,12-13H2,1H3,(H,22,23,25). The second-order valence-corrected chi connectivity index (χ2v) is 6.78. The molecule has 1 aliphatic rings. The van der Waals surface area contributed by atoms with Crippen molar-refractivity contribution in [3.8, 4) is 11.5 Å². The van der Waals surface area contributed by atoms with Gasteiger partial charge in [0.05, 0.1) is 0 Å². The van der Waals surface area contributed by atoms with Gasteiger partial charge in [-0.25, -0.2) is 4.98 Å². The highest BCUT2D eigenvalue weighted by Crippen LogP contribution is 2.33. The van der Waals surface area contributed by atoms with E-state index >= 15 is 0 Å². The minimum absolute atomic E-state index is 0.0580. The molecule has 0 atom stereocenters. The van der Waals surface area contributed by atoms with Crippen molar-refractivity contribution in [2.75, 3.05) is 5.32 Å². The third-order valence-electron chi connectivity index (χ3n) is 4.25. The second-order valence-electron chi connectivity index (χ2n) is 6.78. The van der Waals surface area contributed by atoms with Gasteiger partial charge in [0.1, 0.15) is 23.1 Å². The number of ketones is 1. The van der Waals surface area contributed by atoms with Gasteiger partial charge >= 0.3 is 0 Å². The number of Topliss-reactive ketones (excluding diaryl/α,β-unsaturated/α-hetero) is 1. The van der Waals surface area contributed by atoms with Gasteiger partial charge in [0.15, 0.2) is 0 Å². The Labute approximate surface area is 153 Å². The zero-order valence-corrected chi connectivity index (χ0v) is 15.0. The van der Waals surface area contributed by atoms with Crippen molar-refractivity contribution in [1.82, 2.24) is 4.98 Å². The van der Waals surface area contributed by atoms with E-state index in [1.165, 1.54) is 12.8 Å². The Hall–Kier alpha value is -2.69. The molecule has 0 unspecified atom stereocenters. The molecule has 0 bridgehead atoms. The molecule has 0 aliphatic heterocycles. The normalized spacial score (nSPS) is 13.3. The van der Waals surface area contributed by atoms with Crippen LogP contribution in [0.2, 0.25) is 0 Å². The maximum absolute atomic E-state index is 11.9. The van der Waals surface area contributed by atoms with Crippen molar-refractivity contribution in [2.24, 2.45) is 5.92 Å². The number of hydrogen-bond acceptors (Lipinski definition) is 4. The molecule has 1 amide bonds. The average molecular weight is 352 g/mol. The molecule has 3 rings (SSSR count). The van der Waals surface area contributed by atoms with Crippen LogP contribution in [0.1, 0.15) is 44.6 Å². The summed E-state index contributed by atoms with van der Waals surface area (Å²) in [5.74, 6) is 2.64. The van der Waals surface area contributed by atoms with Crippen LogP contribution in [0.3, 0.4) is 0 Å². The Morgan fingerprint density at radius 3 is 2.62 bits per heavy atom. The predicted octanol–water partition coefficient (Wildman–Crippen LogP) is 4.52. The van der Waals surface area contributed by atoms with Crippen molar-refractivity contribution < 1.29 is 14.3 Å². The maximum Gasteiger partial charge on any atom is 0.225 e. The van der Waals surface area contributed by atoms with Crippen LogP contribution in [0.4, 0.5) is 5.82 Å². The van der Waals surface area contributed by atoms with Crippen molar-refractivity contribution in [2.45, 2.75) is 45.4 Å². The molecule has 1 aliphatic carbocycles. The lowest BCUT2D eigenvalue weighted by Gasteiger charge is -2.09. The highest BCUT2D eigenvalue weighted by molar-refractivity contribution is 5.89. The van der Waals surface area contributed by atoms with Gasteiger partial charge in [-0.3, -0.25) is 9.59 Å². The molecule has 5 heteroatoms. The van der Waals surface area contributed by atoms with Gasteiger partial charge in [0.25, 0.3) is 0 Å². The molecule has 0 saturated heterocycles. The summed E-state index contributed by atoms with van der Waals surface area (Å²) >= 11 is 0. The number of ether oxygens (including phenoxy) is 1. The number of nitrogens with zero attached hydrogens (tertiary/aromatic N) is 1. The monoisotopic (exact) mass is 352 g/mol. The first kappa shape index (κ1) is 18.1. The van der Waals surface area contributed by atoms with E-state index in [4.69, 9.17) is 4.74 Å². The van der Waals surface area contributed by atoms with Gasteiger partial charge in [0.2, 0.25) is 5.91 Å². The topological polar surface area (TPSA) is 68.3 Å². The smallest absolute Gasteiger partial charge is 0.225 e. The number of rotatable bonds is 9. The molecule has 1 aromatic heterocycles. The molecule has 1 heterocycles. The first-order chi connectivity index (χ1) is 12.6. The van der Waals surface area contributed by atoms with Crippen LogP contribution >= 0.6 is 0 Å². The molecule has 1 fully saturated rings. The van der Waals surface area contributed by atoms with Gasteiger partial charge in [-0.15, -0.1) is 0 Å². The molecule has 1 aromatic carbocycles. The largest absolute Gasteiger partial charge is 0.457 e. The summed E-state index contributed by atoms with van der Waals surface area (Å²) in [6.07, 6.45) is 6.45. The molecular weight excluding hydrogens is 328 g/mol. The van der Waals surface area contributed by atoms with E-state index in [0.717, 1.165) is 12.0 Å². The Bertz CT molecular complexity index is 767. The molecule has 1 saturated carbocycles. The van der Waals surface area contributed by atoms with E-state index in [0.29, 0.717) is 48.3 Å². The summed E-state index contributed by atoms with van der Waals surface area (Å²) in [6, 6.07) is 11.0. The molecule has 1 N–H and O–H groups in total. The summed E-state index contributed by atoms with van der Waals surface area (Å²) in [6.45, 7) is 1.95. The van der Waals surface area contributed by atoms with Crippen molar-refractivity contribution in [3.63, 3.8) is 0 Å². The fourth-order valence-electron chi connectivity index (χ4n) is 2.73. The van der Waals surface area contributed by atoms with Gasteiger partial charge in [-0.2, -0.15) is 0 Å². The summed E-state index contributed by atoms with van der Waals surface area (Å²) in [7, 11) is 0. The van der Waals surface area contributed by atoms with E-state index < -0.39 is 0 Å². The summed E-state index contributed by atoms with van der Waals surface area (Å²) < 4.78 is 5.82. The quantitative estimate of drug-likeness (QED) is 0.720. The predicted molar refractivity (Wildman–Crippen MR) is 100 cm³/mol. The van der Waals surface area contributed by atoms with E-state index in [2.05, 4.69) is 10.3 Å². The summed E-state index contributed by atoms with van der Waals surface area (Å²) in [4.78, 5) is 27.7. The lowest BCUT2D eigenvalue weighted by Crippen LogP contribution is -2.11. The molecule has 26 heavy (non-hydrogen) atoms. The Kier molecular flexibility index (Phi) is 6.00. The molecule has 136 valence electrons. The lowest BCUT2D eigenvalue weighted by molar-refractivity contribution is -0.119. The number of anilines is 1. The summed E-state index contributed by atoms with van der Waals surface area (Å²) in [5, 5.41) is 2.75. The molecule has 0 spiro atoms. The van der Waals surface area contributed by atoms with Gasteiger partial charge < -0.3 is 10.1 Å². The SMILES string of the molecule is CCCC(=O)Nc1cc(Oc2ccc(CC(=O)CC3CC3)cc2)ccn1. The minimum atomic E-state index is -0.0580. The number of carbonyl (C=O) groups is 2. The van der Waals surface area contributed by atoms with E-state index in [1.54, 1.807) is 18.3 Å². The Morgan fingerprint density at radius 1 is 1.15 bits per heavy atom. The van der Waals surface area contributed by atoms with Crippen LogP contribution in [0, 0.1) is 5.92 Å². The zero-order chi connectivity index (χ0) is 18.4. The van der Waals surface area contributed by atoms with Crippen molar-refractivity contribution in [1.29, 1.82) is 0 Å². The number of nitrogens with one attached hydrogen (secondary N) is 1. The highest BCUT2D eigenvalue weighted by Gasteiger charge is 2.24. The highest BCUT2D eigenvalue weighted by atomic mass is 16.5. The summed E-state index contributed by atoms with van der Waals surface area (Å²) in [5.41, 5.74) is 1.00. The fraction of sp³-hybridized carbons (Fsp3) is 0.381. The van der Waals surface area contributed by atoms with Crippen LogP contribution in [-0.4, -0.2) is 16.7 Å². The van der Waals surface area contributed by atoms with Crippen LogP contribution in [-0.2, 0) is 16.0 Å². The maximum atomic E-state index is 11.9. The zero-order valence-electron chi connectivity index (χ0n) is 15.0. The second kappa shape index (κ2) is 8.61. The Morgan fingerprint density at radius 2 is 1.92 bits per heavy atom. The first-order valence-electron chi connectivity index (χ1n) is 9.17. The van der Waals surface area contributed by atoms with Crippen molar-refractivity contribution >= 4 is 17.5 Å².